The molecule has 0 radical (unpaired) electrons. The molecule has 0 aromatic heterocycles. The summed E-state index contributed by atoms with van der Waals surface area (Å²) in [6.07, 6.45) is 2.72. The fourth-order valence-electron chi connectivity index (χ4n) is 2.54. The molecule has 1 aliphatic rings. The number of nitrogens with one attached hydrogen (secondary N) is 1. The van der Waals surface area contributed by atoms with E-state index in [1.165, 1.54) is 18.4 Å². The number of hydrogen-bond donors (Lipinski definition) is 1. The van der Waals surface area contributed by atoms with Crippen LogP contribution in [0.3, 0.4) is 0 Å². The smallest absolute Gasteiger partial charge is 0.137 e. The van der Waals surface area contributed by atoms with Crippen molar-refractivity contribution in [2.24, 2.45) is 11.3 Å². The van der Waals surface area contributed by atoms with Crippen molar-refractivity contribution in [3.8, 4) is 5.75 Å². The third-order valence-electron chi connectivity index (χ3n) is 4.20. The van der Waals surface area contributed by atoms with E-state index >= 15 is 0 Å². The number of ether oxygens (including phenoxy) is 1. The first kappa shape index (κ1) is 15.3. The van der Waals surface area contributed by atoms with Gasteiger partial charge in [-0.15, -0.1) is 0 Å². The average molecular weight is 391 g/mol. The first-order valence-corrected chi connectivity index (χ1v) is 8.30. The van der Waals surface area contributed by atoms with Crippen LogP contribution in [-0.4, -0.2) is 13.7 Å². The highest BCUT2D eigenvalue weighted by Gasteiger charge is 2.44. The standard InChI is InChI=1S/C15H21Br2NO/c1-10(2)15(4-5-15)9-18-8-11-6-12(16)7-13(17)14(11)19-3/h6-7,10,18H,4-5,8-9H2,1-3H3. The van der Waals surface area contributed by atoms with E-state index in [0.717, 1.165) is 33.7 Å². The van der Waals surface area contributed by atoms with Crippen LogP contribution in [0, 0.1) is 11.3 Å². The summed E-state index contributed by atoms with van der Waals surface area (Å²) >= 11 is 7.07. The van der Waals surface area contributed by atoms with Crippen molar-refractivity contribution < 1.29 is 4.74 Å². The van der Waals surface area contributed by atoms with E-state index in [-0.39, 0.29) is 0 Å². The van der Waals surface area contributed by atoms with Crippen molar-refractivity contribution in [3.05, 3.63) is 26.6 Å². The van der Waals surface area contributed by atoms with E-state index in [2.05, 4.69) is 57.1 Å². The monoisotopic (exact) mass is 389 g/mol. The quantitative estimate of drug-likeness (QED) is 0.756. The minimum atomic E-state index is 0.538. The maximum atomic E-state index is 5.47. The third-order valence-corrected chi connectivity index (χ3v) is 5.25. The van der Waals surface area contributed by atoms with Gasteiger partial charge in [0.15, 0.2) is 0 Å². The molecule has 0 unspecified atom stereocenters. The Hall–Kier alpha value is -0.0600. The molecule has 2 nitrogen and oxygen atoms in total. The molecule has 1 N–H and O–H groups in total. The van der Waals surface area contributed by atoms with Crippen LogP contribution in [0.25, 0.3) is 0 Å². The Labute approximate surface area is 132 Å². The summed E-state index contributed by atoms with van der Waals surface area (Å²) in [6.45, 7) is 6.59. The maximum absolute atomic E-state index is 5.47. The number of benzene rings is 1. The topological polar surface area (TPSA) is 21.3 Å². The Bertz CT molecular complexity index is 456. The van der Waals surface area contributed by atoms with Gasteiger partial charge in [-0.3, -0.25) is 0 Å². The normalized spacial score (nSPS) is 16.7. The first-order chi connectivity index (χ1) is 8.98. The molecule has 1 aromatic carbocycles. The zero-order valence-corrected chi connectivity index (χ0v) is 14.9. The molecule has 0 bridgehead atoms. The molecule has 1 aromatic rings. The predicted octanol–water partition coefficient (Wildman–Crippen LogP) is 4.75. The van der Waals surface area contributed by atoms with Crippen molar-refractivity contribution in [2.45, 2.75) is 33.2 Å². The zero-order valence-electron chi connectivity index (χ0n) is 11.7. The summed E-state index contributed by atoms with van der Waals surface area (Å²) in [4.78, 5) is 0. The summed E-state index contributed by atoms with van der Waals surface area (Å²) in [5, 5.41) is 3.59. The van der Waals surface area contributed by atoms with Gasteiger partial charge in [0.25, 0.3) is 0 Å². The van der Waals surface area contributed by atoms with Crippen LogP contribution < -0.4 is 10.1 Å². The molecule has 0 atom stereocenters. The van der Waals surface area contributed by atoms with E-state index in [1.54, 1.807) is 7.11 Å². The molecule has 0 spiro atoms. The number of hydrogen-bond acceptors (Lipinski definition) is 2. The SMILES string of the molecule is COc1c(Br)cc(Br)cc1CNCC1(C(C)C)CC1. The lowest BCUT2D eigenvalue weighted by molar-refractivity contribution is 0.335. The van der Waals surface area contributed by atoms with Gasteiger partial charge in [0.05, 0.1) is 11.6 Å². The number of rotatable bonds is 6. The summed E-state index contributed by atoms with van der Waals surface area (Å²) in [5.74, 6) is 1.68. The minimum absolute atomic E-state index is 0.538. The predicted molar refractivity (Wildman–Crippen MR) is 86.6 cm³/mol. The van der Waals surface area contributed by atoms with Crippen molar-refractivity contribution >= 4 is 31.9 Å². The molecule has 1 saturated carbocycles. The summed E-state index contributed by atoms with van der Waals surface area (Å²) in [7, 11) is 1.72. The molecule has 2 rings (SSSR count). The zero-order chi connectivity index (χ0) is 14.0. The van der Waals surface area contributed by atoms with Crippen LogP contribution >= 0.6 is 31.9 Å². The Kier molecular flexibility index (Phi) is 4.96. The lowest BCUT2D eigenvalue weighted by Gasteiger charge is -2.20. The van der Waals surface area contributed by atoms with Crippen LogP contribution in [-0.2, 0) is 6.54 Å². The second kappa shape index (κ2) is 6.15. The molecule has 0 heterocycles. The lowest BCUT2D eigenvalue weighted by Crippen LogP contribution is -2.27. The highest BCUT2D eigenvalue weighted by atomic mass is 79.9. The van der Waals surface area contributed by atoms with Gasteiger partial charge in [0.1, 0.15) is 5.75 Å². The summed E-state index contributed by atoms with van der Waals surface area (Å²) < 4.78 is 7.53. The molecule has 0 amide bonds. The largest absolute Gasteiger partial charge is 0.495 e. The second-order valence-electron chi connectivity index (χ2n) is 5.70. The van der Waals surface area contributed by atoms with E-state index < -0.39 is 0 Å². The van der Waals surface area contributed by atoms with Crippen LogP contribution in [0.2, 0.25) is 0 Å². The third kappa shape index (κ3) is 3.53. The van der Waals surface area contributed by atoms with Gasteiger partial charge >= 0.3 is 0 Å². The van der Waals surface area contributed by atoms with E-state index in [9.17, 15) is 0 Å². The fourth-order valence-corrected chi connectivity index (χ4v) is 4.01. The van der Waals surface area contributed by atoms with E-state index in [4.69, 9.17) is 4.74 Å². The molecular formula is C15H21Br2NO. The first-order valence-electron chi connectivity index (χ1n) is 6.71. The van der Waals surface area contributed by atoms with Crippen LogP contribution in [0.5, 0.6) is 5.75 Å². The van der Waals surface area contributed by atoms with Gasteiger partial charge in [-0.25, -0.2) is 0 Å². The maximum Gasteiger partial charge on any atom is 0.137 e. The average Bonchev–Trinajstić information content (AvgIpc) is 3.09. The fraction of sp³-hybridized carbons (Fsp3) is 0.600. The Balaban J connectivity index is 2.00. The Morgan fingerprint density at radius 1 is 1.32 bits per heavy atom. The van der Waals surface area contributed by atoms with Crippen molar-refractivity contribution in [1.29, 1.82) is 0 Å². The summed E-state index contributed by atoms with van der Waals surface area (Å²) in [6, 6.07) is 4.13. The Morgan fingerprint density at radius 3 is 2.53 bits per heavy atom. The van der Waals surface area contributed by atoms with E-state index in [0.29, 0.717) is 5.41 Å². The highest BCUT2D eigenvalue weighted by Crippen LogP contribution is 2.51. The van der Waals surface area contributed by atoms with Gasteiger partial charge in [-0.1, -0.05) is 29.8 Å². The van der Waals surface area contributed by atoms with Gasteiger partial charge in [0, 0.05) is 23.1 Å². The Morgan fingerprint density at radius 2 is 2.00 bits per heavy atom. The van der Waals surface area contributed by atoms with Gasteiger partial charge in [-0.2, -0.15) is 0 Å². The van der Waals surface area contributed by atoms with E-state index in [1.807, 2.05) is 6.07 Å². The van der Waals surface area contributed by atoms with Crippen molar-refractivity contribution in [1.82, 2.24) is 5.32 Å². The van der Waals surface area contributed by atoms with Crippen molar-refractivity contribution in [3.63, 3.8) is 0 Å². The van der Waals surface area contributed by atoms with Gasteiger partial charge in [0.2, 0.25) is 0 Å². The molecule has 0 aliphatic heterocycles. The highest BCUT2D eigenvalue weighted by molar-refractivity contribution is 9.11. The summed E-state index contributed by atoms with van der Waals surface area (Å²) in [5.41, 5.74) is 1.72. The molecular weight excluding hydrogens is 370 g/mol. The molecule has 0 saturated heterocycles. The molecule has 1 fully saturated rings. The molecule has 106 valence electrons. The minimum Gasteiger partial charge on any atom is -0.495 e. The second-order valence-corrected chi connectivity index (χ2v) is 7.47. The van der Waals surface area contributed by atoms with Crippen LogP contribution in [0.15, 0.2) is 21.1 Å². The molecule has 1 aliphatic carbocycles. The lowest BCUT2D eigenvalue weighted by atomic mass is 9.92. The van der Waals surface area contributed by atoms with Gasteiger partial charge < -0.3 is 10.1 Å². The van der Waals surface area contributed by atoms with Crippen LogP contribution in [0.1, 0.15) is 32.3 Å². The van der Waals surface area contributed by atoms with Crippen LogP contribution in [0.4, 0.5) is 0 Å². The number of halogens is 2. The molecule has 19 heavy (non-hydrogen) atoms. The van der Waals surface area contributed by atoms with Gasteiger partial charge in [-0.05, 0) is 52.2 Å². The van der Waals surface area contributed by atoms with Crippen molar-refractivity contribution in [2.75, 3.05) is 13.7 Å². The number of methoxy groups -OCH3 is 1. The molecule has 4 heteroatoms.